The number of hydrogen-bond donors (Lipinski definition) is 0. The highest BCUT2D eigenvalue weighted by Gasteiger charge is 2.13. The Bertz CT molecular complexity index is 1100. The van der Waals surface area contributed by atoms with Gasteiger partial charge in [-0.25, -0.2) is 0 Å². The maximum Gasteiger partial charge on any atom is 0.126 e. The number of methoxy groups -OCH3 is 1. The molecule has 1 nitrogen and oxygen atoms in total. The van der Waals surface area contributed by atoms with Crippen molar-refractivity contribution < 1.29 is 4.74 Å². The molecule has 5 aromatic rings. The van der Waals surface area contributed by atoms with Gasteiger partial charge in [-0.2, -0.15) is 0 Å². The maximum absolute atomic E-state index is 5.57. The smallest absolute Gasteiger partial charge is 0.126 e. The van der Waals surface area contributed by atoms with E-state index in [1.165, 1.54) is 43.1 Å². The Morgan fingerprint density at radius 2 is 1.09 bits per heavy atom. The van der Waals surface area contributed by atoms with Crippen molar-refractivity contribution in [2.24, 2.45) is 0 Å². The Morgan fingerprint density at radius 3 is 1.77 bits per heavy atom. The normalized spacial score (nSPS) is 11.9. The first-order chi connectivity index (χ1) is 10.9. The molecule has 0 radical (unpaired) electrons. The Labute approximate surface area is 128 Å². The number of fused-ring (bicyclic) bond motifs is 2. The van der Waals surface area contributed by atoms with Crippen LogP contribution in [0.4, 0.5) is 0 Å². The van der Waals surface area contributed by atoms with Crippen molar-refractivity contribution in [1.29, 1.82) is 0 Å². The monoisotopic (exact) mass is 282 g/mol. The summed E-state index contributed by atoms with van der Waals surface area (Å²) in [6, 6.07) is 23.9. The average molecular weight is 282 g/mol. The molecule has 0 atom stereocenters. The molecule has 0 fully saturated rings. The lowest BCUT2D eigenvalue weighted by Crippen LogP contribution is -1.89. The molecule has 1 heteroatoms. The summed E-state index contributed by atoms with van der Waals surface area (Å²) in [5.41, 5.74) is 0. The molecule has 0 aliphatic heterocycles. The van der Waals surface area contributed by atoms with Crippen molar-refractivity contribution in [3.8, 4) is 5.75 Å². The molecular weight excluding hydrogens is 268 g/mol. The van der Waals surface area contributed by atoms with Gasteiger partial charge in [0.1, 0.15) is 5.75 Å². The first-order valence-electron chi connectivity index (χ1n) is 7.51. The summed E-state index contributed by atoms with van der Waals surface area (Å²) >= 11 is 0. The van der Waals surface area contributed by atoms with E-state index in [0.717, 1.165) is 5.75 Å². The van der Waals surface area contributed by atoms with Gasteiger partial charge in [0.05, 0.1) is 7.11 Å². The van der Waals surface area contributed by atoms with Crippen LogP contribution in [0, 0.1) is 0 Å². The quantitative estimate of drug-likeness (QED) is 0.281. The lowest BCUT2D eigenvalue weighted by Gasteiger charge is -2.15. The second-order valence-corrected chi connectivity index (χ2v) is 5.75. The van der Waals surface area contributed by atoms with Crippen LogP contribution in [0.3, 0.4) is 0 Å². The summed E-state index contributed by atoms with van der Waals surface area (Å²) in [5.74, 6) is 0.937. The van der Waals surface area contributed by atoms with E-state index in [1.54, 1.807) is 7.11 Å². The molecule has 0 unspecified atom stereocenters. The third-order valence-corrected chi connectivity index (χ3v) is 4.71. The van der Waals surface area contributed by atoms with Crippen molar-refractivity contribution in [3.05, 3.63) is 66.7 Å². The van der Waals surface area contributed by atoms with Crippen LogP contribution in [0.2, 0.25) is 0 Å². The minimum atomic E-state index is 0.937. The molecule has 0 aromatic heterocycles. The highest BCUT2D eigenvalue weighted by molar-refractivity contribution is 6.33. The third kappa shape index (κ3) is 1.33. The molecule has 22 heavy (non-hydrogen) atoms. The summed E-state index contributed by atoms with van der Waals surface area (Å²) in [5, 5.41) is 10.4. The lowest BCUT2D eigenvalue weighted by atomic mass is 9.90. The van der Waals surface area contributed by atoms with Crippen molar-refractivity contribution in [2.45, 2.75) is 0 Å². The highest BCUT2D eigenvalue weighted by Crippen LogP contribution is 2.42. The zero-order chi connectivity index (χ0) is 14.7. The van der Waals surface area contributed by atoms with Gasteiger partial charge in [-0.1, -0.05) is 60.7 Å². The van der Waals surface area contributed by atoms with E-state index >= 15 is 0 Å². The Balaban J connectivity index is 2.23. The average Bonchev–Trinajstić information content (AvgIpc) is 2.59. The van der Waals surface area contributed by atoms with Crippen LogP contribution >= 0.6 is 0 Å². The van der Waals surface area contributed by atoms with E-state index in [4.69, 9.17) is 4.74 Å². The van der Waals surface area contributed by atoms with Crippen LogP contribution in [-0.4, -0.2) is 7.11 Å². The number of hydrogen-bond acceptors (Lipinski definition) is 1. The number of ether oxygens (including phenoxy) is 1. The predicted octanol–water partition coefficient (Wildman–Crippen LogP) is 5.75. The molecule has 0 saturated heterocycles. The number of benzene rings is 5. The van der Waals surface area contributed by atoms with Gasteiger partial charge in [0, 0.05) is 10.8 Å². The fourth-order valence-electron chi connectivity index (χ4n) is 3.80. The van der Waals surface area contributed by atoms with Crippen LogP contribution in [0.5, 0.6) is 5.75 Å². The predicted molar refractivity (Wildman–Crippen MR) is 94.2 cm³/mol. The van der Waals surface area contributed by atoms with E-state index < -0.39 is 0 Å². The molecule has 0 amide bonds. The molecule has 0 bridgehead atoms. The Hall–Kier alpha value is -2.80. The minimum Gasteiger partial charge on any atom is -0.496 e. The van der Waals surface area contributed by atoms with Gasteiger partial charge >= 0.3 is 0 Å². The van der Waals surface area contributed by atoms with Gasteiger partial charge in [0.15, 0.2) is 0 Å². The fraction of sp³-hybridized carbons (Fsp3) is 0.0476. The molecule has 5 rings (SSSR count). The molecule has 0 saturated carbocycles. The minimum absolute atomic E-state index is 0.937. The summed E-state index contributed by atoms with van der Waals surface area (Å²) in [6.07, 6.45) is 0. The summed E-state index contributed by atoms with van der Waals surface area (Å²) < 4.78 is 5.57. The molecule has 0 heterocycles. The van der Waals surface area contributed by atoms with Gasteiger partial charge in [-0.05, 0) is 38.4 Å². The van der Waals surface area contributed by atoms with Gasteiger partial charge in [0.2, 0.25) is 0 Å². The standard InChI is InChI=1S/C21H14O/c1-22-19-12-11-17-15-8-3-6-13-5-2-7-14(20(13)15)16-9-4-10-18(19)21(16)17/h2-12H,1H3. The zero-order valence-corrected chi connectivity index (χ0v) is 12.3. The van der Waals surface area contributed by atoms with Gasteiger partial charge in [-0.15, -0.1) is 0 Å². The van der Waals surface area contributed by atoms with Crippen molar-refractivity contribution in [2.75, 3.05) is 7.11 Å². The molecule has 0 spiro atoms. The van der Waals surface area contributed by atoms with E-state index in [-0.39, 0.29) is 0 Å². The lowest BCUT2D eigenvalue weighted by molar-refractivity contribution is 0.420. The largest absolute Gasteiger partial charge is 0.496 e. The SMILES string of the molecule is COc1ccc2c3cccc4cccc(c5cccc1c52)c43. The first kappa shape index (κ1) is 11.8. The third-order valence-electron chi connectivity index (χ3n) is 4.71. The molecular formula is C21H14O. The fourth-order valence-corrected chi connectivity index (χ4v) is 3.80. The van der Waals surface area contributed by atoms with Gasteiger partial charge < -0.3 is 4.74 Å². The van der Waals surface area contributed by atoms with Crippen LogP contribution in [-0.2, 0) is 0 Å². The second kappa shape index (κ2) is 4.11. The maximum atomic E-state index is 5.57. The Kier molecular flexibility index (Phi) is 2.21. The highest BCUT2D eigenvalue weighted by atomic mass is 16.5. The van der Waals surface area contributed by atoms with Crippen LogP contribution < -0.4 is 4.74 Å². The summed E-state index contributed by atoms with van der Waals surface area (Å²) in [7, 11) is 1.74. The van der Waals surface area contributed by atoms with Crippen LogP contribution in [0.1, 0.15) is 0 Å². The summed E-state index contributed by atoms with van der Waals surface area (Å²) in [4.78, 5) is 0. The molecule has 0 N–H and O–H groups in total. The molecule has 104 valence electrons. The molecule has 5 aromatic carbocycles. The van der Waals surface area contributed by atoms with E-state index in [9.17, 15) is 0 Å². The van der Waals surface area contributed by atoms with Crippen molar-refractivity contribution in [3.63, 3.8) is 0 Å². The summed E-state index contributed by atoms with van der Waals surface area (Å²) in [6.45, 7) is 0. The van der Waals surface area contributed by atoms with Gasteiger partial charge in [-0.3, -0.25) is 0 Å². The topological polar surface area (TPSA) is 9.23 Å². The van der Waals surface area contributed by atoms with E-state index in [0.29, 0.717) is 0 Å². The van der Waals surface area contributed by atoms with E-state index in [2.05, 4.69) is 66.7 Å². The first-order valence-corrected chi connectivity index (χ1v) is 7.51. The van der Waals surface area contributed by atoms with Crippen LogP contribution in [0.25, 0.3) is 43.1 Å². The number of rotatable bonds is 1. The van der Waals surface area contributed by atoms with Crippen molar-refractivity contribution >= 4 is 43.1 Å². The molecule has 0 aliphatic rings. The molecule has 0 aliphatic carbocycles. The van der Waals surface area contributed by atoms with Crippen molar-refractivity contribution in [1.82, 2.24) is 0 Å². The second-order valence-electron chi connectivity index (χ2n) is 5.75. The Morgan fingerprint density at radius 1 is 0.545 bits per heavy atom. The zero-order valence-electron chi connectivity index (χ0n) is 12.3. The van der Waals surface area contributed by atoms with E-state index in [1.807, 2.05) is 0 Å². The van der Waals surface area contributed by atoms with Crippen LogP contribution in [0.15, 0.2) is 66.7 Å². The van der Waals surface area contributed by atoms with Gasteiger partial charge in [0.25, 0.3) is 0 Å².